The number of likely N-dealkylation sites (tertiary alicyclic amines) is 1. The Balaban J connectivity index is 1.56. The van der Waals surface area contributed by atoms with Crippen LogP contribution in [0.4, 0.5) is 0 Å². The van der Waals surface area contributed by atoms with E-state index >= 15 is 0 Å². The fourth-order valence-electron chi connectivity index (χ4n) is 3.82. The van der Waals surface area contributed by atoms with Crippen molar-refractivity contribution >= 4 is 11.8 Å². The fourth-order valence-corrected chi connectivity index (χ4v) is 3.82. The van der Waals surface area contributed by atoms with Crippen molar-refractivity contribution in [3.8, 4) is 0 Å². The molecule has 0 bridgehead atoms. The minimum atomic E-state index is -0.185. The van der Waals surface area contributed by atoms with Gasteiger partial charge in [0.2, 0.25) is 0 Å². The molecule has 0 saturated carbocycles. The molecule has 0 spiro atoms. The molecule has 6 nitrogen and oxygen atoms in total. The van der Waals surface area contributed by atoms with Gasteiger partial charge in [0.1, 0.15) is 5.69 Å². The van der Waals surface area contributed by atoms with E-state index in [0.717, 1.165) is 12.1 Å². The lowest BCUT2D eigenvalue weighted by atomic mass is 10.0. The number of amides is 2. The van der Waals surface area contributed by atoms with Crippen molar-refractivity contribution < 1.29 is 9.59 Å². The highest BCUT2D eigenvalue weighted by Gasteiger charge is 2.18. The van der Waals surface area contributed by atoms with Crippen LogP contribution in [0.1, 0.15) is 63.9 Å². The van der Waals surface area contributed by atoms with E-state index in [4.69, 9.17) is 0 Å². The summed E-state index contributed by atoms with van der Waals surface area (Å²) < 4.78 is 0. The molecule has 0 aliphatic carbocycles. The molecule has 2 aromatic rings. The summed E-state index contributed by atoms with van der Waals surface area (Å²) in [6, 6.07) is 12.4. The Morgan fingerprint density at radius 2 is 1.80 bits per heavy atom. The molecular weight excluding hydrogens is 376 g/mol. The zero-order chi connectivity index (χ0) is 21.7. The maximum absolute atomic E-state index is 12.6. The van der Waals surface area contributed by atoms with Crippen LogP contribution in [0.2, 0.25) is 0 Å². The highest BCUT2D eigenvalue weighted by Crippen LogP contribution is 2.19. The second-order valence-corrected chi connectivity index (χ2v) is 8.34. The molecule has 1 aliphatic heterocycles. The van der Waals surface area contributed by atoms with Crippen LogP contribution in [0, 0.1) is 6.92 Å². The van der Waals surface area contributed by atoms with Crippen LogP contribution in [0.15, 0.2) is 36.4 Å². The third-order valence-corrected chi connectivity index (χ3v) is 5.76. The average molecular weight is 409 g/mol. The second kappa shape index (κ2) is 9.85. The number of aromatic nitrogens is 1. The van der Waals surface area contributed by atoms with Crippen molar-refractivity contribution in [2.75, 3.05) is 20.6 Å². The molecule has 30 heavy (non-hydrogen) atoms. The molecule has 1 atom stereocenters. The number of carbonyl (C=O) groups excluding carboxylic acids is 2. The zero-order valence-electron chi connectivity index (χ0n) is 18.4. The topological polar surface area (TPSA) is 65.5 Å². The monoisotopic (exact) mass is 408 g/mol. The average Bonchev–Trinajstić information content (AvgIpc) is 2.74. The minimum Gasteiger partial charge on any atom is -0.348 e. The zero-order valence-corrected chi connectivity index (χ0v) is 18.4. The Morgan fingerprint density at radius 3 is 2.43 bits per heavy atom. The minimum absolute atomic E-state index is 0.177. The number of rotatable bonds is 6. The first-order valence-electron chi connectivity index (χ1n) is 10.6. The Morgan fingerprint density at radius 1 is 1.10 bits per heavy atom. The molecule has 1 aromatic carbocycles. The molecule has 2 heterocycles. The van der Waals surface area contributed by atoms with Gasteiger partial charge in [0.15, 0.2) is 0 Å². The number of hydrogen-bond donors (Lipinski definition) is 1. The van der Waals surface area contributed by atoms with E-state index in [-0.39, 0.29) is 11.8 Å². The smallest absolute Gasteiger partial charge is 0.271 e. The summed E-state index contributed by atoms with van der Waals surface area (Å²) in [5.41, 5.74) is 3.74. The molecule has 3 rings (SSSR count). The van der Waals surface area contributed by atoms with Crippen molar-refractivity contribution in [3.05, 3.63) is 64.5 Å². The number of pyridine rings is 1. The summed E-state index contributed by atoms with van der Waals surface area (Å²) in [5.74, 6) is -0.362. The quantitative estimate of drug-likeness (QED) is 0.796. The van der Waals surface area contributed by atoms with Crippen LogP contribution < -0.4 is 5.32 Å². The van der Waals surface area contributed by atoms with Crippen molar-refractivity contribution in [2.45, 2.75) is 52.2 Å². The Hall–Kier alpha value is -2.73. The standard InChI is InChI=1S/C24H32N4O2/c1-17-7-5-6-14-28(17)16-20-10-8-19(9-11-20)15-25-23(29)21-12-13-22(26-18(21)2)24(30)27(3)4/h8-13,17H,5-7,14-16H2,1-4H3,(H,25,29). The van der Waals surface area contributed by atoms with Crippen LogP contribution in [0.5, 0.6) is 0 Å². The summed E-state index contributed by atoms with van der Waals surface area (Å²) in [6.07, 6.45) is 3.90. The molecular formula is C24H32N4O2. The number of nitrogens with zero attached hydrogens (tertiary/aromatic N) is 3. The van der Waals surface area contributed by atoms with E-state index in [1.165, 1.54) is 36.3 Å². The van der Waals surface area contributed by atoms with Crippen molar-refractivity contribution in [3.63, 3.8) is 0 Å². The highest BCUT2D eigenvalue weighted by atomic mass is 16.2. The molecule has 1 aliphatic rings. The number of aryl methyl sites for hydroxylation is 1. The summed E-state index contributed by atoms with van der Waals surface area (Å²) >= 11 is 0. The summed E-state index contributed by atoms with van der Waals surface area (Å²) in [7, 11) is 3.36. The van der Waals surface area contributed by atoms with Crippen LogP contribution in [-0.4, -0.2) is 53.3 Å². The van der Waals surface area contributed by atoms with E-state index in [0.29, 0.717) is 29.5 Å². The van der Waals surface area contributed by atoms with Crippen LogP contribution in [0.25, 0.3) is 0 Å². The predicted molar refractivity (Wildman–Crippen MR) is 118 cm³/mol. The van der Waals surface area contributed by atoms with E-state index in [1.807, 2.05) is 0 Å². The van der Waals surface area contributed by atoms with Crippen LogP contribution >= 0.6 is 0 Å². The molecule has 1 aromatic heterocycles. The molecule has 0 radical (unpaired) electrons. The Kier molecular flexibility index (Phi) is 7.21. The molecule has 6 heteroatoms. The van der Waals surface area contributed by atoms with Gasteiger partial charge in [-0.3, -0.25) is 14.5 Å². The second-order valence-electron chi connectivity index (χ2n) is 8.34. The fraction of sp³-hybridized carbons (Fsp3) is 0.458. The van der Waals surface area contributed by atoms with Gasteiger partial charge in [-0.1, -0.05) is 30.7 Å². The van der Waals surface area contributed by atoms with Gasteiger partial charge in [0.25, 0.3) is 11.8 Å². The number of nitrogens with one attached hydrogen (secondary N) is 1. The number of piperidine rings is 1. The van der Waals surface area contributed by atoms with Gasteiger partial charge < -0.3 is 10.2 Å². The Bertz CT molecular complexity index is 893. The van der Waals surface area contributed by atoms with Gasteiger partial charge in [0, 0.05) is 33.2 Å². The molecule has 1 N–H and O–H groups in total. The molecule has 2 amide bonds. The maximum atomic E-state index is 12.6. The third-order valence-electron chi connectivity index (χ3n) is 5.76. The van der Waals surface area contributed by atoms with Crippen LogP contribution in [-0.2, 0) is 13.1 Å². The van der Waals surface area contributed by atoms with Gasteiger partial charge in [-0.2, -0.15) is 0 Å². The van der Waals surface area contributed by atoms with Gasteiger partial charge in [-0.15, -0.1) is 0 Å². The van der Waals surface area contributed by atoms with E-state index in [2.05, 4.69) is 46.4 Å². The van der Waals surface area contributed by atoms with Crippen molar-refractivity contribution in [1.82, 2.24) is 20.1 Å². The number of benzene rings is 1. The predicted octanol–water partition coefficient (Wildman–Crippen LogP) is 3.40. The first-order chi connectivity index (χ1) is 14.3. The lowest BCUT2D eigenvalue weighted by molar-refractivity contribution is 0.0820. The maximum Gasteiger partial charge on any atom is 0.271 e. The molecule has 1 saturated heterocycles. The number of carbonyl (C=O) groups is 2. The highest BCUT2D eigenvalue weighted by molar-refractivity contribution is 5.97. The van der Waals surface area contributed by atoms with Gasteiger partial charge >= 0.3 is 0 Å². The lowest BCUT2D eigenvalue weighted by Gasteiger charge is -2.33. The van der Waals surface area contributed by atoms with E-state index in [9.17, 15) is 9.59 Å². The largest absolute Gasteiger partial charge is 0.348 e. The normalized spacial score (nSPS) is 16.9. The SMILES string of the molecule is Cc1nc(C(=O)N(C)C)ccc1C(=O)NCc1ccc(CN2CCCCC2C)cc1. The first kappa shape index (κ1) is 22.0. The van der Waals surface area contributed by atoms with E-state index < -0.39 is 0 Å². The van der Waals surface area contributed by atoms with Gasteiger partial charge in [-0.25, -0.2) is 4.98 Å². The summed E-state index contributed by atoms with van der Waals surface area (Å²) in [6.45, 7) is 6.67. The van der Waals surface area contributed by atoms with Crippen LogP contribution in [0.3, 0.4) is 0 Å². The molecule has 160 valence electrons. The van der Waals surface area contributed by atoms with Gasteiger partial charge in [0.05, 0.1) is 11.3 Å². The third kappa shape index (κ3) is 5.45. The summed E-state index contributed by atoms with van der Waals surface area (Å²) in [5, 5.41) is 2.95. The number of hydrogen-bond acceptors (Lipinski definition) is 4. The lowest BCUT2D eigenvalue weighted by Crippen LogP contribution is -2.36. The van der Waals surface area contributed by atoms with Gasteiger partial charge in [-0.05, 0) is 56.5 Å². The van der Waals surface area contributed by atoms with Crippen molar-refractivity contribution in [1.29, 1.82) is 0 Å². The Labute approximate surface area is 179 Å². The summed E-state index contributed by atoms with van der Waals surface area (Å²) in [4.78, 5) is 32.9. The molecule has 1 fully saturated rings. The van der Waals surface area contributed by atoms with Crippen molar-refractivity contribution in [2.24, 2.45) is 0 Å². The van der Waals surface area contributed by atoms with E-state index in [1.54, 1.807) is 33.2 Å². The first-order valence-corrected chi connectivity index (χ1v) is 10.6. The molecule has 1 unspecified atom stereocenters.